The molecule has 1 atom stereocenters. The molecule has 41 heavy (non-hydrogen) atoms. The lowest BCUT2D eigenvalue weighted by Gasteiger charge is -2.14. The number of aliphatic hydroxyl groups is 2. The first-order valence-corrected chi connectivity index (χ1v) is 13.0. The van der Waals surface area contributed by atoms with Crippen LogP contribution in [0.3, 0.4) is 0 Å². The molecule has 13 heteroatoms. The van der Waals surface area contributed by atoms with Gasteiger partial charge in [-0.05, 0) is 48.9 Å². The molecule has 0 bridgehead atoms. The lowest BCUT2D eigenvalue weighted by atomic mass is 9.97. The number of nitrogens with two attached hydrogens (primary N) is 1. The average molecular weight is 582 g/mol. The summed E-state index contributed by atoms with van der Waals surface area (Å²) in [7, 11) is 0. The molecular weight excluding hydrogens is 559 g/mol. The zero-order valence-corrected chi connectivity index (χ0v) is 22.3. The second-order valence-electron chi connectivity index (χ2n) is 8.71. The van der Waals surface area contributed by atoms with Crippen LogP contribution in [0.25, 0.3) is 22.6 Å². The molecule has 9 nitrogen and oxygen atoms in total. The van der Waals surface area contributed by atoms with Gasteiger partial charge in [-0.3, -0.25) is 0 Å². The zero-order valence-electron chi connectivity index (χ0n) is 21.4. The molecule has 2 aromatic carbocycles. The van der Waals surface area contributed by atoms with Crippen molar-refractivity contribution in [2.45, 2.75) is 30.0 Å². The van der Waals surface area contributed by atoms with E-state index in [1.165, 1.54) is 12.1 Å². The van der Waals surface area contributed by atoms with E-state index in [1.54, 1.807) is 31.2 Å². The lowest BCUT2D eigenvalue weighted by molar-refractivity contribution is -0.137. The summed E-state index contributed by atoms with van der Waals surface area (Å²) in [5.74, 6) is 1.12. The van der Waals surface area contributed by atoms with Crippen molar-refractivity contribution in [3.8, 4) is 40.5 Å². The van der Waals surface area contributed by atoms with Crippen molar-refractivity contribution in [1.29, 1.82) is 10.5 Å². The quantitative estimate of drug-likeness (QED) is 0.227. The number of thioether (sulfide) groups is 1. The van der Waals surface area contributed by atoms with Crippen molar-refractivity contribution in [2.24, 2.45) is 0 Å². The van der Waals surface area contributed by atoms with Gasteiger partial charge in [0, 0.05) is 16.9 Å². The van der Waals surface area contributed by atoms with Gasteiger partial charge in [-0.15, -0.1) is 0 Å². The van der Waals surface area contributed by atoms with Gasteiger partial charge in [-0.1, -0.05) is 23.9 Å². The van der Waals surface area contributed by atoms with Gasteiger partial charge in [0.05, 0.1) is 23.4 Å². The maximum Gasteiger partial charge on any atom is 0.416 e. The fourth-order valence-corrected chi connectivity index (χ4v) is 4.77. The van der Waals surface area contributed by atoms with Gasteiger partial charge in [-0.2, -0.15) is 23.7 Å². The molecule has 210 valence electrons. The van der Waals surface area contributed by atoms with E-state index >= 15 is 0 Å². The van der Waals surface area contributed by atoms with E-state index in [4.69, 9.17) is 20.0 Å². The molecular formula is C28H22F3N5O4S. The number of nitrogen functional groups attached to an aromatic ring is 1. The Bertz CT molecular complexity index is 1630. The summed E-state index contributed by atoms with van der Waals surface area (Å²) in [6, 6.07) is 15.0. The Labute approximate surface area is 236 Å². The fraction of sp³-hybridized carbons (Fsp3) is 0.214. The summed E-state index contributed by atoms with van der Waals surface area (Å²) >= 11 is 1.14. The molecule has 0 spiro atoms. The van der Waals surface area contributed by atoms with E-state index in [-0.39, 0.29) is 45.8 Å². The maximum absolute atomic E-state index is 12.9. The molecule has 4 aromatic rings. The lowest BCUT2D eigenvalue weighted by Crippen LogP contribution is -2.21. The number of nitriles is 2. The number of pyridine rings is 1. The number of anilines is 1. The van der Waals surface area contributed by atoms with Gasteiger partial charge < -0.3 is 25.1 Å². The average Bonchev–Trinajstić information content (AvgIpc) is 3.34. The molecule has 4 N–H and O–H groups in total. The van der Waals surface area contributed by atoms with Gasteiger partial charge in [0.25, 0.3) is 0 Å². The molecule has 0 unspecified atom stereocenters. The molecule has 0 fully saturated rings. The molecule has 4 rings (SSSR count). The standard InChI is InChI=1S/C28H22F3N5O4S/c1-15-23(35-26(40-15)17-2-6-18(7-3-17)28(29,30)31)14-41-27-22(11-33)24(21(10-32)25(34)36-27)16-4-8-20(9-5-16)39-13-19(38)12-37/h2-9,19,37-38H,12-14H2,1H3,(H2,34,36)/t19-/m0/s1. The highest BCUT2D eigenvalue weighted by Gasteiger charge is 2.30. The first-order valence-electron chi connectivity index (χ1n) is 12.0. The van der Waals surface area contributed by atoms with Crippen molar-refractivity contribution in [3.05, 3.63) is 76.7 Å². The summed E-state index contributed by atoms with van der Waals surface area (Å²) in [5.41, 5.74) is 7.11. The normalized spacial score (nSPS) is 12.0. The second kappa shape index (κ2) is 12.3. The molecule has 0 aliphatic carbocycles. The van der Waals surface area contributed by atoms with Crippen molar-refractivity contribution in [2.75, 3.05) is 18.9 Å². The Morgan fingerprint density at radius 1 is 1.02 bits per heavy atom. The second-order valence-corrected chi connectivity index (χ2v) is 9.67. The van der Waals surface area contributed by atoms with Crippen LogP contribution in [0.15, 0.2) is 58.0 Å². The Morgan fingerprint density at radius 2 is 1.66 bits per heavy atom. The van der Waals surface area contributed by atoms with Crippen molar-refractivity contribution in [3.63, 3.8) is 0 Å². The van der Waals surface area contributed by atoms with Crippen molar-refractivity contribution < 1.29 is 32.5 Å². The van der Waals surface area contributed by atoms with Crippen LogP contribution in [0, 0.1) is 29.6 Å². The monoisotopic (exact) mass is 581 g/mol. The van der Waals surface area contributed by atoms with Crippen LogP contribution in [0.4, 0.5) is 19.0 Å². The third-order valence-corrected chi connectivity index (χ3v) is 6.90. The van der Waals surface area contributed by atoms with Gasteiger partial charge in [0.1, 0.15) is 52.8 Å². The third kappa shape index (κ3) is 6.61. The minimum absolute atomic E-state index is 0.0254. The van der Waals surface area contributed by atoms with E-state index in [0.717, 1.165) is 23.9 Å². The first-order chi connectivity index (χ1) is 19.5. The molecule has 0 saturated carbocycles. The van der Waals surface area contributed by atoms with Crippen LogP contribution in [0.5, 0.6) is 5.75 Å². The number of ether oxygens (including phenoxy) is 1. The summed E-state index contributed by atoms with van der Waals surface area (Å²) < 4.78 is 49.8. The molecule has 0 aliphatic rings. The number of benzene rings is 2. The van der Waals surface area contributed by atoms with Crippen LogP contribution >= 0.6 is 11.8 Å². The summed E-state index contributed by atoms with van der Waals surface area (Å²) in [4.78, 5) is 8.69. The van der Waals surface area contributed by atoms with E-state index in [1.807, 2.05) is 6.07 Å². The van der Waals surface area contributed by atoms with Gasteiger partial charge in [0.2, 0.25) is 5.89 Å². The number of aliphatic hydroxyl groups excluding tert-OH is 2. The van der Waals surface area contributed by atoms with Crippen LogP contribution in [-0.2, 0) is 11.9 Å². The van der Waals surface area contributed by atoms with Crippen molar-refractivity contribution >= 4 is 17.6 Å². The van der Waals surface area contributed by atoms with Gasteiger partial charge in [-0.25, -0.2) is 9.97 Å². The Morgan fingerprint density at radius 3 is 2.24 bits per heavy atom. The van der Waals surface area contributed by atoms with Crippen LogP contribution < -0.4 is 10.5 Å². The topological polar surface area (TPSA) is 162 Å². The largest absolute Gasteiger partial charge is 0.491 e. The zero-order chi connectivity index (χ0) is 29.7. The number of halogens is 3. The number of hydrogen-bond acceptors (Lipinski definition) is 10. The van der Waals surface area contributed by atoms with E-state index in [2.05, 4.69) is 16.0 Å². The number of aromatic nitrogens is 2. The van der Waals surface area contributed by atoms with Crippen molar-refractivity contribution in [1.82, 2.24) is 9.97 Å². The first kappa shape index (κ1) is 29.4. The molecule has 2 aromatic heterocycles. The Balaban J connectivity index is 1.60. The predicted octanol–water partition coefficient (Wildman–Crippen LogP) is 5.08. The fourth-order valence-electron chi connectivity index (χ4n) is 3.78. The molecule has 0 radical (unpaired) electrons. The SMILES string of the molecule is Cc1oc(-c2ccc(C(F)(F)F)cc2)nc1CSc1nc(N)c(C#N)c(-c2ccc(OC[C@@H](O)CO)cc2)c1C#N. The van der Waals surface area contributed by atoms with E-state index in [0.29, 0.717) is 28.3 Å². The Hall–Kier alpha value is -4.56. The highest BCUT2D eigenvalue weighted by molar-refractivity contribution is 7.98. The van der Waals surface area contributed by atoms with E-state index < -0.39 is 24.5 Å². The number of oxazole rings is 1. The highest BCUT2D eigenvalue weighted by atomic mass is 32.2. The van der Waals surface area contributed by atoms with Crippen LogP contribution in [-0.4, -0.2) is 39.5 Å². The number of aryl methyl sites for hydroxylation is 1. The molecule has 0 amide bonds. The summed E-state index contributed by atoms with van der Waals surface area (Å²) in [6.07, 6.45) is -5.50. The van der Waals surface area contributed by atoms with Gasteiger partial charge >= 0.3 is 6.18 Å². The molecule has 0 aliphatic heterocycles. The number of rotatable bonds is 9. The minimum atomic E-state index is -4.46. The third-order valence-electron chi connectivity index (χ3n) is 5.91. The van der Waals surface area contributed by atoms with E-state index in [9.17, 15) is 28.8 Å². The van der Waals surface area contributed by atoms with Crippen LogP contribution in [0.2, 0.25) is 0 Å². The van der Waals surface area contributed by atoms with Gasteiger partial charge in [0.15, 0.2) is 0 Å². The highest BCUT2D eigenvalue weighted by Crippen LogP contribution is 2.38. The number of alkyl halides is 3. The summed E-state index contributed by atoms with van der Waals surface area (Å²) in [6.45, 7) is 1.10. The minimum Gasteiger partial charge on any atom is -0.491 e. The smallest absolute Gasteiger partial charge is 0.416 e. The predicted molar refractivity (Wildman–Crippen MR) is 143 cm³/mol. The molecule has 0 saturated heterocycles. The molecule has 2 heterocycles. The van der Waals surface area contributed by atoms with Crippen LogP contribution in [0.1, 0.15) is 28.1 Å². The Kier molecular flexibility index (Phi) is 8.83. The number of hydrogen-bond donors (Lipinski definition) is 3. The maximum atomic E-state index is 12.9. The number of nitrogens with zero attached hydrogens (tertiary/aromatic N) is 4. The summed E-state index contributed by atoms with van der Waals surface area (Å²) in [5, 5.41) is 38.5.